The second kappa shape index (κ2) is 9.28. The van der Waals surface area contributed by atoms with Crippen molar-refractivity contribution in [3.8, 4) is 0 Å². The van der Waals surface area contributed by atoms with Gasteiger partial charge in [0.05, 0.1) is 23.4 Å². The first-order valence-electron chi connectivity index (χ1n) is 9.53. The Labute approximate surface area is 160 Å². The first-order chi connectivity index (χ1) is 12.6. The van der Waals surface area contributed by atoms with Crippen molar-refractivity contribution in [1.82, 2.24) is 10.3 Å². The maximum atomic E-state index is 12.5. The van der Waals surface area contributed by atoms with Crippen LogP contribution in [0.3, 0.4) is 0 Å². The number of carbonyl (C=O) groups excluding carboxylic acids is 1. The molecule has 26 heavy (non-hydrogen) atoms. The fraction of sp³-hybridized carbons (Fsp3) is 0.524. The van der Waals surface area contributed by atoms with Crippen molar-refractivity contribution in [3.63, 3.8) is 0 Å². The van der Waals surface area contributed by atoms with E-state index in [0.29, 0.717) is 30.1 Å². The predicted molar refractivity (Wildman–Crippen MR) is 106 cm³/mol. The average Bonchev–Trinajstić information content (AvgIpc) is 3.01. The number of benzene rings is 1. The summed E-state index contributed by atoms with van der Waals surface area (Å²) < 4.78 is 5.97. The molecule has 0 aliphatic heterocycles. The maximum absolute atomic E-state index is 12.5. The molecule has 0 saturated heterocycles. The van der Waals surface area contributed by atoms with Gasteiger partial charge in [-0.2, -0.15) is 0 Å². The molecule has 1 heterocycles. The van der Waals surface area contributed by atoms with Gasteiger partial charge in [-0.15, -0.1) is 11.3 Å². The van der Waals surface area contributed by atoms with E-state index in [0.717, 1.165) is 23.5 Å². The van der Waals surface area contributed by atoms with Crippen LogP contribution in [-0.2, 0) is 11.2 Å². The lowest BCUT2D eigenvalue weighted by molar-refractivity contribution is -0.00293. The van der Waals surface area contributed by atoms with E-state index in [-0.39, 0.29) is 5.91 Å². The molecule has 1 fully saturated rings. The van der Waals surface area contributed by atoms with Gasteiger partial charge in [-0.05, 0) is 31.2 Å². The number of aryl methyl sites for hydroxylation is 1. The zero-order valence-electron chi connectivity index (χ0n) is 15.7. The summed E-state index contributed by atoms with van der Waals surface area (Å²) in [6, 6.07) is 10.2. The fourth-order valence-electron chi connectivity index (χ4n) is 3.49. The quantitative estimate of drug-likeness (QED) is 0.735. The van der Waals surface area contributed by atoms with E-state index in [2.05, 4.69) is 29.4 Å². The molecule has 2 atom stereocenters. The number of ether oxygens (including phenoxy) is 1. The van der Waals surface area contributed by atoms with Crippen LogP contribution < -0.4 is 5.32 Å². The van der Waals surface area contributed by atoms with Gasteiger partial charge >= 0.3 is 0 Å². The van der Waals surface area contributed by atoms with Crippen molar-refractivity contribution in [1.29, 1.82) is 0 Å². The summed E-state index contributed by atoms with van der Waals surface area (Å²) in [5.74, 6) is 0.586. The van der Waals surface area contributed by atoms with Crippen LogP contribution in [0.15, 0.2) is 30.3 Å². The number of thiazole rings is 1. The minimum Gasteiger partial charge on any atom is -0.376 e. The van der Waals surface area contributed by atoms with Crippen molar-refractivity contribution in [2.75, 3.05) is 13.2 Å². The molecule has 2 unspecified atom stereocenters. The van der Waals surface area contributed by atoms with Crippen molar-refractivity contribution < 1.29 is 9.53 Å². The maximum Gasteiger partial charge on any atom is 0.263 e. The normalized spacial score (nSPS) is 20.1. The molecule has 1 aromatic carbocycles. The molecule has 1 saturated carbocycles. The second-order valence-electron chi connectivity index (χ2n) is 7.11. The Morgan fingerprint density at radius 3 is 2.81 bits per heavy atom. The highest BCUT2D eigenvalue weighted by molar-refractivity contribution is 7.13. The number of amides is 1. The molecule has 2 aromatic rings. The van der Waals surface area contributed by atoms with Crippen LogP contribution in [0, 0.1) is 12.8 Å². The van der Waals surface area contributed by atoms with E-state index in [1.807, 2.05) is 25.1 Å². The summed E-state index contributed by atoms with van der Waals surface area (Å²) >= 11 is 1.48. The molecule has 1 amide bonds. The van der Waals surface area contributed by atoms with E-state index in [9.17, 15) is 4.79 Å². The Morgan fingerprint density at radius 1 is 1.27 bits per heavy atom. The molecular formula is C21H28N2O2S. The van der Waals surface area contributed by atoms with Crippen molar-refractivity contribution in [3.05, 3.63) is 51.5 Å². The first-order valence-corrected chi connectivity index (χ1v) is 10.3. The van der Waals surface area contributed by atoms with Gasteiger partial charge in [0, 0.05) is 13.0 Å². The SMILES string of the molecule is Cc1nc(Cc2ccccc2)sc1C(=O)NCCOC1CCCCC1C. The Morgan fingerprint density at radius 2 is 2.04 bits per heavy atom. The molecule has 5 heteroatoms. The number of nitrogens with zero attached hydrogens (tertiary/aromatic N) is 1. The molecule has 0 spiro atoms. The molecular weight excluding hydrogens is 344 g/mol. The summed E-state index contributed by atoms with van der Waals surface area (Å²) in [4.78, 5) is 17.7. The zero-order chi connectivity index (χ0) is 18.4. The second-order valence-corrected chi connectivity index (χ2v) is 8.20. The summed E-state index contributed by atoms with van der Waals surface area (Å²) in [7, 11) is 0. The lowest BCUT2D eigenvalue weighted by atomic mass is 9.88. The number of rotatable bonds is 7. The van der Waals surface area contributed by atoms with Crippen LogP contribution in [-0.4, -0.2) is 30.1 Å². The highest BCUT2D eigenvalue weighted by Crippen LogP contribution is 2.26. The van der Waals surface area contributed by atoms with Gasteiger partial charge < -0.3 is 10.1 Å². The van der Waals surface area contributed by atoms with Gasteiger partial charge in [-0.25, -0.2) is 4.98 Å². The molecule has 1 aliphatic rings. The van der Waals surface area contributed by atoms with E-state index < -0.39 is 0 Å². The molecule has 1 aromatic heterocycles. The molecule has 4 nitrogen and oxygen atoms in total. The zero-order valence-corrected chi connectivity index (χ0v) is 16.5. The van der Waals surface area contributed by atoms with Crippen LogP contribution in [0.25, 0.3) is 0 Å². The minimum absolute atomic E-state index is 0.0420. The van der Waals surface area contributed by atoms with Gasteiger partial charge in [0.15, 0.2) is 0 Å². The molecule has 1 aliphatic carbocycles. The van der Waals surface area contributed by atoms with E-state index in [1.54, 1.807) is 0 Å². The highest BCUT2D eigenvalue weighted by atomic mass is 32.1. The monoisotopic (exact) mass is 372 g/mol. The summed E-state index contributed by atoms with van der Waals surface area (Å²) in [6.45, 7) is 5.29. The number of nitrogens with one attached hydrogen (secondary N) is 1. The molecule has 0 radical (unpaired) electrons. The van der Waals surface area contributed by atoms with Crippen molar-refractivity contribution in [2.24, 2.45) is 5.92 Å². The summed E-state index contributed by atoms with van der Waals surface area (Å²) in [5.41, 5.74) is 2.02. The summed E-state index contributed by atoms with van der Waals surface area (Å²) in [5, 5.41) is 3.96. The Balaban J connectivity index is 1.47. The third-order valence-corrected chi connectivity index (χ3v) is 6.15. The fourth-order valence-corrected chi connectivity index (χ4v) is 4.51. The average molecular weight is 373 g/mol. The number of carbonyl (C=O) groups is 1. The Bertz CT molecular complexity index is 714. The molecule has 140 valence electrons. The Hall–Kier alpha value is -1.72. The lowest BCUT2D eigenvalue weighted by Gasteiger charge is -2.28. The smallest absolute Gasteiger partial charge is 0.263 e. The first kappa shape index (κ1) is 19.1. The largest absolute Gasteiger partial charge is 0.376 e. The number of aromatic nitrogens is 1. The van der Waals surface area contributed by atoms with Crippen LogP contribution in [0.2, 0.25) is 0 Å². The highest BCUT2D eigenvalue weighted by Gasteiger charge is 2.21. The van der Waals surface area contributed by atoms with Gasteiger partial charge in [-0.1, -0.05) is 50.1 Å². The van der Waals surface area contributed by atoms with Crippen LogP contribution in [0.5, 0.6) is 0 Å². The van der Waals surface area contributed by atoms with Crippen LogP contribution in [0.4, 0.5) is 0 Å². The summed E-state index contributed by atoms with van der Waals surface area (Å²) in [6.07, 6.45) is 6.08. The van der Waals surface area contributed by atoms with Gasteiger partial charge in [0.2, 0.25) is 0 Å². The van der Waals surface area contributed by atoms with Crippen LogP contribution >= 0.6 is 11.3 Å². The molecule has 3 rings (SSSR count). The lowest BCUT2D eigenvalue weighted by Crippen LogP contribution is -2.31. The molecule has 1 N–H and O–H groups in total. The van der Waals surface area contributed by atoms with Gasteiger partial charge in [0.1, 0.15) is 4.88 Å². The van der Waals surface area contributed by atoms with Gasteiger partial charge in [0.25, 0.3) is 5.91 Å². The third-order valence-electron chi connectivity index (χ3n) is 5.00. The van der Waals surface area contributed by atoms with Crippen molar-refractivity contribution >= 4 is 17.2 Å². The predicted octanol–water partition coefficient (Wildman–Crippen LogP) is 4.37. The topological polar surface area (TPSA) is 51.2 Å². The van der Waals surface area contributed by atoms with Gasteiger partial charge in [-0.3, -0.25) is 4.79 Å². The van der Waals surface area contributed by atoms with Crippen LogP contribution in [0.1, 0.15) is 58.5 Å². The van der Waals surface area contributed by atoms with E-state index in [4.69, 9.17) is 4.74 Å². The number of hydrogen-bond acceptors (Lipinski definition) is 4. The molecule has 0 bridgehead atoms. The van der Waals surface area contributed by atoms with E-state index in [1.165, 1.54) is 36.2 Å². The van der Waals surface area contributed by atoms with Crippen molar-refractivity contribution in [2.45, 2.75) is 52.1 Å². The number of hydrogen-bond donors (Lipinski definition) is 1. The minimum atomic E-state index is -0.0420. The Kier molecular flexibility index (Phi) is 6.80. The van der Waals surface area contributed by atoms with E-state index >= 15 is 0 Å². The standard InChI is InChI=1S/C21H28N2O2S/c1-15-8-6-7-11-18(15)25-13-12-22-21(24)20-16(2)23-19(26-20)14-17-9-4-3-5-10-17/h3-5,9-10,15,18H,6-8,11-14H2,1-2H3,(H,22,24). The third kappa shape index (κ3) is 5.15.